The zero-order valence-corrected chi connectivity index (χ0v) is 9.99. The highest BCUT2D eigenvalue weighted by atomic mass is 19.4. The van der Waals surface area contributed by atoms with Crippen molar-refractivity contribution in [3.05, 3.63) is 29.7 Å². The first-order valence-electron chi connectivity index (χ1n) is 5.56. The fourth-order valence-electron chi connectivity index (χ4n) is 1.83. The van der Waals surface area contributed by atoms with Gasteiger partial charge in [-0.3, -0.25) is 4.40 Å². The molecular formula is C11H13F3N4. The molecule has 2 aromatic rings. The van der Waals surface area contributed by atoms with E-state index in [0.717, 1.165) is 12.3 Å². The lowest BCUT2D eigenvalue weighted by atomic mass is 10.2. The molecule has 1 atom stereocenters. The SMILES string of the molecule is CCC(NC)c1nnc2ccc(C(F)(F)F)cn12. The Hall–Kier alpha value is -1.63. The monoisotopic (exact) mass is 258 g/mol. The number of aromatic nitrogens is 3. The third kappa shape index (κ3) is 2.17. The number of nitrogens with one attached hydrogen (secondary N) is 1. The molecule has 2 heterocycles. The molecule has 1 N–H and O–H groups in total. The number of hydrogen-bond donors (Lipinski definition) is 1. The summed E-state index contributed by atoms with van der Waals surface area (Å²) in [5.41, 5.74) is -0.297. The number of pyridine rings is 1. The summed E-state index contributed by atoms with van der Waals surface area (Å²) in [5.74, 6) is 0.487. The molecule has 0 aliphatic carbocycles. The van der Waals surface area contributed by atoms with Crippen molar-refractivity contribution in [3.63, 3.8) is 0 Å². The van der Waals surface area contributed by atoms with Gasteiger partial charge >= 0.3 is 6.18 Å². The van der Waals surface area contributed by atoms with E-state index in [4.69, 9.17) is 0 Å². The summed E-state index contributed by atoms with van der Waals surface area (Å²) in [7, 11) is 1.74. The van der Waals surface area contributed by atoms with Crippen LogP contribution >= 0.6 is 0 Å². The lowest BCUT2D eigenvalue weighted by Crippen LogP contribution is -2.18. The van der Waals surface area contributed by atoms with Crippen LogP contribution < -0.4 is 5.32 Å². The van der Waals surface area contributed by atoms with E-state index in [1.165, 1.54) is 10.5 Å². The van der Waals surface area contributed by atoms with Crippen molar-refractivity contribution in [2.45, 2.75) is 25.6 Å². The van der Waals surface area contributed by atoms with Crippen LogP contribution in [0.2, 0.25) is 0 Å². The standard InChI is InChI=1S/C11H13F3N4/c1-3-8(15-2)10-17-16-9-5-4-7(6-18(9)10)11(12,13)14/h4-6,8,15H,3H2,1-2H3. The van der Waals surface area contributed by atoms with Crippen LogP contribution in [0.4, 0.5) is 13.2 Å². The van der Waals surface area contributed by atoms with Gasteiger partial charge in [0.2, 0.25) is 0 Å². The van der Waals surface area contributed by atoms with Crippen molar-refractivity contribution < 1.29 is 13.2 Å². The van der Waals surface area contributed by atoms with E-state index < -0.39 is 11.7 Å². The second-order valence-electron chi connectivity index (χ2n) is 3.95. The Bertz CT molecular complexity index is 543. The quantitative estimate of drug-likeness (QED) is 0.919. The highest BCUT2D eigenvalue weighted by Gasteiger charge is 2.31. The molecule has 0 aliphatic rings. The molecule has 98 valence electrons. The lowest BCUT2D eigenvalue weighted by Gasteiger charge is -2.12. The highest BCUT2D eigenvalue weighted by molar-refractivity contribution is 5.40. The zero-order chi connectivity index (χ0) is 13.3. The average Bonchev–Trinajstić information content (AvgIpc) is 2.73. The van der Waals surface area contributed by atoms with Crippen molar-refractivity contribution in [1.82, 2.24) is 19.9 Å². The summed E-state index contributed by atoms with van der Waals surface area (Å²) >= 11 is 0. The summed E-state index contributed by atoms with van der Waals surface area (Å²) in [6, 6.07) is 2.21. The van der Waals surface area contributed by atoms with Crippen LogP contribution in [0.15, 0.2) is 18.3 Å². The van der Waals surface area contributed by atoms with Crippen LogP contribution in [-0.4, -0.2) is 21.6 Å². The van der Waals surface area contributed by atoms with E-state index in [1.54, 1.807) is 7.05 Å². The lowest BCUT2D eigenvalue weighted by molar-refractivity contribution is -0.137. The van der Waals surface area contributed by atoms with E-state index in [9.17, 15) is 13.2 Å². The first kappa shape index (κ1) is 12.8. The summed E-state index contributed by atoms with van der Waals surface area (Å²) in [6.45, 7) is 1.93. The minimum absolute atomic E-state index is 0.122. The van der Waals surface area contributed by atoms with Crippen LogP contribution in [0.25, 0.3) is 5.65 Å². The minimum atomic E-state index is -4.36. The molecule has 0 aromatic carbocycles. The van der Waals surface area contributed by atoms with Gasteiger partial charge in [-0.05, 0) is 25.6 Å². The van der Waals surface area contributed by atoms with Gasteiger partial charge in [0.15, 0.2) is 11.5 Å². The molecule has 2 rings (SSSR count). The normalized spacial score (nSPS) is 14.1. The van der Waals surface area contributed by atoms with E-state index in [-0.39, 0.29) is 6.04 Å². The van der Waals surface area contributed by atoms with Crippen LogP contribution in [0.3, 0.4) is 0 Å². The largest absolute Gasteiger partial charge is 0.417 e. The molecule has 4 nitrogen and oxygen atoms in total. The molecule has 18 heavy (non-hydrogen) atoms. The van der Waals surface area contributed by atoms with E-state index in [2.05, 4.69) is 15.5 Å². The molecule has 0 radical (unpaired) electrons. The maximum absolute atomic E-state index is 12.6. The van der Waals surface area contributed by atoms with Crippen LogP contribution in [-0.2, 0) is 6.18 Å². The van der Waals surface area contributed by atoms with Gasteiger partial charge in [-0.2, -0.15) is 13.2 Å². The molecule has 0 amide bonds. The molecule has 0 spiro atoms. The molecule has 0 saturated heterocycles. The first-order valence-corrected chi connectivity index (χ1v) is 5.56. The molecular weight excluding hydrogens is 245 g/mol. The first-order chi connectivity index (χ1) is 8.47. The van der Waals surface area contributed by atoms with Crippen molar-refractivity contribution in [2.75, 3.05) is 7.05 Å². The Morgan fingerprint density at radius 2 is 2.06 bits per heavy atom. The number of fused-ring (bicyclic) bond motifs is 1. The smallest absolute Gasteiger partial charge is 0.310 e. The summed E-state index contributed by atoms with van der Waals surface area (Å²) in [4.78, 5) is 0. The van der Waals surface area contributed by atoms with Crippen LogP contribution in [0, 0.1) is 0 Å². The van der Waals surface area contributed by atoms with E-state index in [1.807, 2.05) is 6.92 Å². The molecule has 2 aromatic heterocycles. The van der Waals surface area contributed by atoms with Crippen molar-refractivity contribution in [2.24, 2.45) is 0 Å². The van der Waals surface area contributed by atoms with Gasteiger partial charge in [0, 0.05) is 6.20 Å². The molecule has 7 heteroatoms. The van der Waals surface area contributed by atoms with Gasteiger partial charge in [-0.1, -0.05) is 6.92 Å². The van der Waals surface area contributed by atoms with Crippen LogP contribution in [0.5, 0.6) is 0 Å². The number of halogens is 3. The van der Waals surface area contributed by atoms with Gasteiger partial charge in [0.05, 0.1) is 11.6 Å². The third-order valence-electron chi connectivity index (χ3n) is 2.82. The Morgan fingerprint density at radius 3 is 2.61 bits per heavy atom. The Labute approximate surface area is 102 Å². The minimum Gasteiger partial charge on any atom is -0.310 e. The fourth-order valence-corrected chi connectivity index (χ4v) is 1.83. The molecule has 0 bridgehead atoms. The Kier molecular flexibility index (Phi) is 3.25. The van der Waals surface area contributed by atoms with Gasteiger partial charge in [0.1, 0.15) is 0 Å². The number of alkyl halides is 3. The summed E-state index contributed by atoms with van der Waals surface area (Å²) in [6.07, 6.45) is -2.62. The van der Waals surface area contributed by atoms with Crippen LogP contribution in [0.1, 0.15) is 30.8 Å². The predicted molar refractivity (Wildman–Crippen MR) is 60.1 cm³/mol. The maximum Gasteiger partial charge on any atom is 0.417 e. The average molecular weight is 258 g/mol. The highest BCUT2D eigenvalue weighted by Crippen LogP contribution is 2.29. The molecule has 0 fully saturated rings. The Balaban J connectivity index is 2.56. The second-order valence-corrected chi connectivity index (χ2v) is 3.95. The Morgan fingerprint density at radius 1 is 1.33 bits per heavy atom. The van der Waals surface area contributed by atoms with Gasteiger partial charge in [-0.15, -0.1) is 10.2 Å². The second kappa shape index (κ2) is 4.56. The number of nitrogens with zero attached hydrogens (tertiary/aromatic N) is 3. The maximum atomic E-state index is 12.6. The molecule has 0 aliphatic heterocycles. The zero-order valence-electron chi connectivity index (χ0n) is 9.99. The van der Waals surface area contributed by atoms with Gasteiger partial charge in [0.25, 0.3) is 0 Å². The van der Waals surface area contributed by atoms with Gasteiger partial charge in [-0.25, -0.2) is 0 Å². The fraction of sp³-hybridized carbons (Fsp3) is 0.455. The van der Waals surface area contributed by atoms with Gasteiger partial charge < -0.3 is 5.32 Å². The predicted octanol–water partition coefficient (Wildman–Crippen LogP) is 2.42. The molecule has 0 saturated carbocycles. The third-order valence-corrected chi connectivity index (χ3v) is 2.82. The number of rotatable bonds is 3. The van der Waals surface area contributed by atoms with E-state index in [0.29, 0.717) is 17.9 Å². The van der Waals surface area contributed by atoms with E-state index >= 15 is 0 Å². The summed E-state index contributed by atoms with van der Waals surface area (Å²) < 4.78 is 39.3. The summed E-state index contributed by atoms with van der Waals surface area (Å²) in [5, 5.41) is 10.8. The van der Waals surface area contributed by atoms with Crippen molar-refractivity contribution in [1.29, 1.82) is 0 Å². The topological polar surface area (TPSA) is 42.2 Å². The molecule has 1 unspecified atom stereocenters. The van der Waals surface area contributed by atoms with Crippen molar-refractivity contribution in [3.8, 4) is 0 Å². The number of hydrogen-bond acceptors (Lipinski definition) is 3. The van der Waals surface area contributed by atoms with Crippen molar-refractivity contribution >= 4 is 5.65 Å².